The van der Waals surface area contributed by atoms with Crippen LogP contribution in [-0.4, -0.2) is 60.9 Å². The number of piperazine rings is 1. The van der Waals surface area contributed by atoms with Crippen molar-refractivity contribution in [1.29, 1.82) is 0 Å². The molecule has 1 fully saturated rings. The monoisotopic (exact) mass is 289 g/mol. The van der Waals surface area contributed by atoms with Crippen LogP contribution in [0.3, 0.4) is 0 Å². The molecule has 1 aromatic rings. The van der Waals surface area contributed by atoms with Gasteiger partial charge in [-0.1, -0.05) is 30.3 Å². The van der Waals surface area contributed by atoms with E-state index in [-0.39, 0.29) is 18.4 Å². The van der Waals surface area contributed by atoms with Crippen molar-refractivity contribution >= 4 is 11.8 Å². The molecule has 1 aliphatic rings. The summed E-state index contributed by atoms with van der Waals surface area (Å²) in [4.78, 5) is 27.4. The van der Waals surface area contributed by atoms with Crippen molar-refractivity contribution in [2.45, 2.75) is 13.3 Å². The average Bonchev–Trinajstić information content (AvgIpc) is 2.52. The summed E-state index contributed by atoms with van der Waals surface area (Å²) in [6.07, 6.45) is 0.773. The molecule has 114 valence electrons. The Hall–Kier alpha value is -1.88. The van der Waals surface area contributed by atoms with Crippen molar-refractivity contribution in [3.63, 3.8) is 0 Å². The van der Waals surface area contributed by atoms with Crippen LogP contribution in [0.2, 0.25) is 0 Å². The molecule has 1 aromatic carbocycles. The molecular weight excluding hydrogens is 266 g/mol. The van der Waals surface area contributed by atoms with Crippen molar-refractivity contribution in [3.8, 4) is 0 Å². The summed E-state index contributed by atoms with van der Waals surface area (Å²) in [5.41, 5.74) is 1.18. The van der Waals surface area contributed by atoms with Gasteiger partial charge in [0.05, 0.1) is 6.54 Å². The molecule has 1 N–H and O–H groups in total. The number of benzene rings is 1. The number of carbonyl (C=O) groups is 2. The fourth-order valence-electron chi connectivity index (χ4n) is 2.43. The Labute approximate surface area is 125 Å². The lowest BCUT2D eigenvalue weighted by atomic mass is 10.1. The fourth-order valence-corrected chi connectivity index (χ4v) is 2.43. The Balaban J connectivity index is 1.86. The highest BCUT2D eigenvalue weighted by molar-refractivity contribution is 5.83. The lowest BCUT2D eigenvalue weighted by molar-refractivity contribution is -0.139. The van der Waals surface area contributed by atoms with Crippen molar-refractivity contribution in [2.75, 3.05) is 39.3 Å². The van der Waals surface area contributed by atoms with Gasteiger partial charge in [-0.05, 0) is 12.0 Å². The van der Waals surface area contributed by atoms with E-state index in [0.29, 0.717) is 6.54 Å². The molecule has 2 rings (SSSR count). The summed E-state index contributed by atoms with van der Waals surface area (Å²) >= 11 is 0. The first-order valence-electron chi connectivity index (χ1n) is 7.45. The van der Waals surface area contributed by atoms with Crippen molar-refractivity contribution < 1.29 is 9.59 Å². The van der Waals surface area contributed by atoms with E-state index in [9.17, 15) is 9.59 Å². The van der Waals surface area contributed by atoms with Crippen LogP contribution < -0.4 is 5.32 Å². The Morgan fingerprint density at radius 2 is 1.86 bits per heavy atom. The van der Waals surface area contributed by atoms with Gasteiger partial charge in [-0.25, -0.2) is 0 Å². The van der Waals surface area contributed by atoms with Crippen LogP contribution in [0.5, 0.6) is 0 Å². The minimum Gasteiger partial charge on any atom is -0.339 e. The highest BCUT2D eigenvalue weighted by atomic mass is 16.2. The molecule has 5 heteroatoms. The lowest BCUT2D eigenvalue weighted by Crippen LogP contribution is -2.50. The molecule has 0 bridgehead atoms. The third-order valence-electron chi connectivity index (χ3n) is 3.75. The quantitative estimate of drug-likeness (QED) is 0.859. The van der Waals surface area contributed by atoms with E-state index in [1.54, 1.807) is 4.90 Å². The standard InChI is InChI=1S/C16H23N3O2/c1-14(20)19(10-7-15-5-3-2-4-6-15)13-16(21)18-11-8-17-9-12-18/h2-6,17H,7-13H2,1H3. The zero-order chi connectivity index (χ0) is 15.1. The number of carbonyl (C=O) groups excluding carboxylic acids is 2. The normalized spacial score (nSPS) is 14.8. The van der Waals surface area contributed by atoms with E-state index in [1.165, 1.54) is 12.5 Å². The molecule has 0 unspecified atom stereocenters. The third-order valence-corrected chi connectivity index (χ3v) is 3.75. The predicted molar refractivity (Wildman–Crippen MR) is 81.8 cm³/mol. The molecule has 21 heavy (non-hydrogen) atoms. The van der Waals surface area contributed by atoms with Crippen LogP contribution in [0.1, 0.15) is 12.5 Å². The molecule has 1 saturated heterocycles. The summed E-state index contributed by atoms with van der Waals surface area (Å²) in [6.45, 7) is 5.40. The number of nitrogens with zero attached hydrogens (tertiary/aromatic N) is 2. The van der Waals surface area contributed by atoms with Gasteiger partial charge in [0, 0.05) is 39.6 Å². The summed E-state index contributed by atoms with van der Waals surface area (Å²) in [7, 11) is 0. The Kier molecular flexibility index (Phi) is 5.75. The van der Waals surface area contributed by atoms with Gasteiger partial charge >= 0.3 is 0 Å². The number of rotatable bonds is 5. The first kappa shape index (κ1) is 15.5. The molecule has 2 amide bonds. The van der Waals surface area contributed by atoms with E-state index in [4.69, 9.17) is 0 Å². The maximum absolute atomic E-state index is 12.2. The Morgan fingerprint density at radius 1 is 1.19 bits per heavy atom. The molecular formula is C16H23N3O2. The van der Waals surface area contributed by atoms with Gasteiger partial charge < -0.3 is 15.1 Å². The largest absolute Gasteiger partial charge is 0.339 e. The SMILES string of the molecule is CC(=O)N(CCc1ccccc1)CC(=O)N1CCNCC1. The van der Waals surface area contributed by atoms with Crippen LogP contribution in [0.4, 0.5) is 0 Å². The smallest absolute Gasteiger partial charge is 0.242 e. The van der Waals surface area contributed by atoms with E-state index in [1.807, 2.05) is 35.2 Å². The molecule has 0 radical (unpaired) electrons. The molecule has 0 saturated carbocycles. The predicted octanol–water partition coefficient (Wildman–Crippen LogP) is 0.509. The maximum Gasteiger partial charge on any atom is 0.242 e. The van der Waals surface area contributed by atoms with E-state index in [0.717, 1.165) is 32.6 Å². The molecule has 0 aliphatic carbocycles. The van der Waals surface area contributed by atoms with Gasteiger partial charge in [-0.2, -0.15) is 0 Å². The van der Waals surface area contributed by atoms with Crippen molar-refractivity contribution in [3.05, 3.63) is 35.9 Å². The molecule has 0 atom stereocenters. The Bertz CT molecular complexity index is 470. The highest BCUT2D eigenvalue weighted by Gasteiger charge is 2.20. The van der Waals surface area contributed by atoms with Gasteiger partial charge in [0.1, 0.15) is 0 Å². The highest BCUT2D eigenvalue weighted by Crippen LogP contribution is 2.03. The fraction of sp³-hybridized carbons (Fsp3) is 0.500. The molecule has 1 aliphatic heterocycles. The minimum absolute atomic E-state index is 0.0414. The van der Waals surface area contributed by atoms with E-state index in [2.05, 4.69) is 5.32 Å². The third kappa shape index (κ3) is 4.86. The number of amides is 2. The van der Waals surface area contributed by atoms with Gasteiger partial charge in [0.15, 0.2) is 0 Å². The second kappa shape index (κ2) is 7.78. The van der Waals surface area contributed by atoms with Gasteiger partial charge in [0.2, 0.25) is 11.8 Å². The Morgan fingerprint density at radius 3 is 2.48 bits per heavy atom. The number of nitrogens with one attached hydrogen (secondary N) is 1. The first-order valence-corrected chi connectivity index (χ1v) is 7.45. The van der Waals surface area contributed by atoms with Crippen molar-refractivity contribution in [1.82, 2.24) is 15.1 Å². The van der Waals surface area contributed by atoms with Crippen LogP contribution in [-0.2, 0) is 16.0 Å². The van der Waals surface area contributed by atoms with Crippen LogP contribution in [0.15, 0.2) is 30.3 Å². The van der Waals surface area contributed by atoms with Gasteiger partial charge in [-0.3, -0.25) is 9.59 Å². The second-order valence-corrected chi connectivity index (χ2v) is 5.31. The molecule has 5 nitrogen and oxygen atoms in total. The molecule has 0 aromatic heterocycles. The van der Waals surface area contributed by atoms with Crippen LogP contribution in [0, 0.1) is 0 Å². The van der Waals surface area contributed by atoms with Gasteiger partial charge in [0.25, 0.3) is 0 Å². The molecule has 0 spiro atoms. The summed E-state index contributed by atoms with van der Waals surface area (Å²) in [5.74, 6) is -0.00539. The second-order valence-electron chi connectivity index (χ2n) is 5.31. The van der Waals surface area contributed by atoms with E-state index >= 15 is 0 Å². The minimum atomic E-state index is -0.0468. The molecule has 1 heterocycles. The summed E-state index contributed by atoms with van der Waals surface area (Å²) in [5, 5.41) is 3.22. The first-order chi connectivity index (χ1) is 10.2. The summed E-state index contributed by atoms with van der Waals surface area (Å²) in [6, 6.07) is 10.0. The van der Waals surface area contributed by atoms with Crippen LogP contribution >= 0.6 is 0 Å². The van der Waals surface area contributed by atoms with E-state index < -0.39 is 0 Å². The zero-order valence-corrected chi connectivity index (χ0v) is 12.5. The van der Waals surface area contributed by atoms with Gasteiger partial charge in [-0.15, -0.1) is 0 Å². The van der Waals surface area contributed by atoms with Crippen LogP contribution in [0.25, 0.3) is 0 Å². The van der Waals surface area contributed by atoms with Crippen molar-refractivity contribution in [2.24, 2.45) is 0 Å². The lowest BCUT2D eigenvalue weighted by Gasteiger charge is -2.30. The maximum atomic E-state index is 12.2. The topological polar surface area (TPSA) is 52.7 Å². The average molecular weight is 289 g/mol. The zero-order valence-electron chi connectivity index (χ0n) is 12.5. The summed E-state index contributed by atoms with van der Waals surface area (Å²) < 4.78 is 0. The number of hydrogen-bond acceptors (Lipinski definition) is 3. The number of hydrogen-bond donors (Lipinski definition) is 1.